The fourth-order valence-electron chi connectivity index (χ4n) is 2.41. The number of nitrogens with one attached hydrogen (secondary N) is 1. The first-order valence-corrected chi connectivity index (χ1v) is 8.09. The monoisotopic (exact) mass is 389 g/mol. The summed E-state index contributed by atoms with van der Waals surface area (Å²) in [6.07, 6.45) is 0. The fourth-order valence-corrected chi connectivity index (χ4v) is 3.17. The normalized spacial score (nSPS) is 10.6. The molecule has 0 saturated carbocycles. The molecule has 23 heavy (non-hydrogen) atoms. The SMILES string of the molecule is COc1ccc(NC(=O)c2cccc3c(Br)cccc23)cc1Cl. The first-order valence-electron chi connectivity index (χ1n) is 6.92. The van der Waals surface area contributed by atoms with Crippen molar-refractivity contribution in [2.45, 2.75) is 0 Å². The first kappa shape index (κ1) is 15.8. The van der Waals surface area contributed by atoms with Crippen molar-refractivity contribution in [2.24, 2.45) is 0 Å². The van der Waals surface area contributed by atoms with Crippen molar-refractivity contribution in [3.63, 3.8) is 0 Å². The molecule has 0 aliphatic heterocycles. The number of halogens is 2. The number of amides is 1. The number of fused-ring (bicyclic) bond motifs is 1. The molecular weight excluding hydrogens is 378 g/mol. The molecule has 3 rings (SSSR count). The van der Waals surface area contributed by atoms with Crippen molar-refractivity contribution in [3.8, 4) is 5.75 Å². The van der Waals surface area contributed by atoms with E-state index < -0.39 is 0 Å². The van der Waals surface area contributed by atoms with Crippen molar-refractivity contribution >= 4 is 49.9 Å². The Hall–Kier alpha value is -2.04. The van der Waals surface area contributed by atoms with Gasteiger partial charge in [0.25, 0.3) is 5.91 Å². The first-order chi connectivity index (χ1) is 11.1. The number of rotatable bonds is 3. The van der Waals surface area contributed by atoms with Gasteiger partial charge in [-0.25, -0.2) is 0 Å². The zero-order valence-electron chi connectivity index (χ0n) is 12.3. The van der Waals surface area contributed by atoms with Crippen LogP contribution in [0.3, 0.4) is 0 Å². The molecule has 3 aromatic carbocycles. The van der Waals surface area contributed by atoms with Gasteiger partial charge < -0.3 is 10.1 Å². The molecule has 3 nitrogen and oxygen atoms in total. The van der Waals surface area contributed by atoms with E-state index in [1.54, 1.807) is 31.4 Å². The lowest BCUT2D eigenvalue weighted by Crippen LogP contribution is -2.12. The van der Waals surface area contributed by atoms with E-state index in [1.165, 1.54) is 0 Å². The van der Waals surface area contributed by atoms with Gasteiger partial charge in [-0.3, -0.25) is 4.79 Å². The molecule has 0 aliphatic carbocycles. The third-order valence-corrected chi connectivity index (χ3v) is 4.51. The minimum Gasteiger partial charge on any atom is -0.495 e. The predicted octanol–water partition coefficient (Wildman–Crippen LogP) is 5.52. The second-order valence-electron chi connectivity index (χ2n) is 4.94. The zero-order chi connectivity index (χ0) is 16.4. The van der Waals surface area contributed by atoms with Crippen LogP contribution in [0.5, 0.6) is 5.75 Å². The minimum atomic E-state index is -0.185. The molecule has 0 saturated heterocycles. The van der Waals surface area contributed by atoms with Gasteiger partial charge in [0, 0.05) is 15.7 Å². The van der Waals surface area contributed by atoms with E-state index in [4.69, 9.17) is 16.3 Å². The van der Waals surface area contributed by atoms with E-state index in [-0.39, 0.29) is 5.91 Å². The number of ether oxygens (including phenoxy) is 1. The van der Waals surface area contributed by atoms with Crippen LogP contribution in [-0.2, 0) is 0 Å². The molecule has 0 atom stereocenters. The van der Waals surface area contributed by atoms with Gasteiger partial charge in [-0.2, -0.15) is 0 Å². The Morgan fingerprint density at radius 2 is 1.83 bits per heavy atom. The third kappa shape index (κ3) is 3.19. The molecule has 116 valence electrons. The van der Waals surface area contributed by atoms with E-state index >= 15 is 0 Å². The van der Waals surface area contributed by atoms with Crippen LogP contribution >= 0.6 is 27.5 Å². The molecule has 1 amide bonds. The highest BCUT2D eigenvalue weighted by molar-refractivity contribution is 9.10. The fraction of sp³-hybridized carbons (Fsp3) is 0.0556. The van der Waals surface area contributed by atoms with Crippen LogP contribution in [-0.4, -0.2) is 13.0 Å². The predicted molar refractivity (Wildman–Crippen MR) is 97.6 cm³/mol. The molecule has 1 N–H and O–H groups in total. The smallest absolute Gasteiger partial charge is 0.256 e. The highest BCUT2D eigenvalue weighted by atomic mass is 79.9. The lowest BCUT2D eigenvalue weighted by Gasteiger charge is -2.10. The average molecular weight is 391 g/mol. The second-order valence-corrected chi connectivity index (χ2v) is 6.21. The number of hydrogen-bond acceptors (Lipinski definition) is 2. The van der Waals surface area contributed by atoms with Gasteiger partial charge in [0.15, 0.2) is 0 Å². The summed E-state index contributed by atoms with van der Waals surface area (Å²) in [5.41, 5.74) is 1.23. The Morgan fingerprint density at radius 3 is 2.57 bits per heavy atom. The Morgan fingerprint density at radius 1 is 1.09 bits per heavy atom. The van der Waals surface area contributed by atoms with Crippen molar-refractivity contribution in [2.75, 3.05) is 12.4 Å². The molecule has 5 heteroatoms. The molecule has 0 radical (unpaired) electrons. The lowest BCUT2D eigenvalue weighted by atomic mass is 10.0. The number of carbonyl (C=O) groups is 1. The van der Waals surface area contributed by atoms with Crippen molar-refractivity contribution in [3.05, 3.63) is 69.7 Å². The Labute approximate surface area is 147 Å². The van der Waals surface area contributed by atoms with Crippen molar-refractivity contribution in [1.29, 1.82) is 0 Å². The summed E-state index contributed by atoms with van der Waals surface area (Å²) in [6.45, 7) is 0. The lowest BCUT2D eigenvalue weighted by molar-refractivity contribution is 0.102. The highest BCUT2D eigenvalue weighted by Crippen LogP contribution is 2.29. The summed E-state index contributed by atoms with van der Waals surface area (Å²) in [6, 6.07) is 16.6. The van der Waals surface area contributed by atoms with Crippen LogP contribution in [0.25, 0.3) is 10.8 Å². The van der Waals surface area contributed by atoms with Crippen molar-refractivity contribution in [1.82, 2.24) is 0 Å². The average Bonchev–Trinajstić information content (AvgIpc) is 2.55. The van der Waals surface area contributed by atoms with E-state index in [0.29, 0.717) is 22.0 Å². The van der Waals surface area contributed by atoms with Crippen LogP contribution in [0.1, 0.15) is 10.4 Å². The molecule has 0 unspecified atom stereocenters. The summed E-state index contributed by atoms with van der Waals surface area (Å²) in [4.78, 5) is 12.6. The van der Waals surface area contributed by atoms with Crippen molar-refractivity contribution < 1.29 is 9.53 Å². The number of carbonyl (C=O) groups excluding carboxylic acids is 1. The number of benzene rings is 3. The summed E-state index contributed by atoms with van der Waals surface area (Å²) in [5.74, 6) is 0.383. The van der Waals surface area contributed by atoms with Gasteiger partial charge >= 0.3 is 0 Å². The van der Waals surface area contributed by atoms with Gasteiger partial charge in [-0.05, 0) is 41.1 Å². The zero-order valence-corrected chi connectivity index (χ0v) is 14.6. The highest BCUT2D eigenvalue weighted by Gasteiger charge is 2.12. The van der Waals surface area contributed by atoms with E-state index in [0.717, 1.165) is 15.2 Å². The number of hydrogen-bond donors (Lipinski definition) is 1. The molecule has 3 aromatic rings. The van der Waals surface area contributed by atoms with E-state index in [2.05, 4.69) is 21.2 Å². The molecule has 0 spiro atoms. The van der Waals surface area contributed by atoms with Gasteiger partial charge in [-0.15, -0.1) is 0 Å². The molecule has 0 fully saturated rings. The quantitative estimate of drug-likeness (QED) is 0.640. The van der Waals surface area contributed by atoms with Crippen LogP contribution < -0.4 is 10.1 Å². The van der Waals surface area contributed by atoms with Crippen LogP contribution in [0.15, 0.2) is 59.1 Å². The summed E-state index contributed by atoms with van der Waals surface area (Å²) < 4.78 is 6.07. The van der Waals surface area contributed by atoms with E-state index in [9.17, 15) is 4.79 Å². The van der Waals surface area contributed by atoms with Gasteiger partial charge in [0.05, 0.1) is 12.1 Å². The summed E-state index contributed by atoms with van der Waals surface area (Å²) in [5, 5.41) is 5.20. The summed E-state index contributed by atoms with van der Waals surface area (Å²) in [7, 11) is 1.55. The van der Waals surface area contributed by atoms with E-state index in [1.807, 2.05) is 30.3 Å². The topological polar surface area (TPSA) is 38.3 Å². The maximum Gasteiger partial charge on any atom is 0.256 e. The molecular formula is C18H13BrClNO2. The number of methoxy groups -OCH3 is 1. The van der Waals surface area contributed by atoms with Crippen LogP contribution in [0.4, 0.5) is 5.69 Å². The molecule has 0 aromatic heterocycles. The Balaban J connectivity index is 1.95. The third-order valence-electron chi connectivity index (χ3n) is 3.52. The maximum absolute atomic E-state index is 12.6. The van der Waals surface area contributed by atoms with Gasteiger partial charge in [0.2, 0.25) is 0 Å². The summed E-state index contributed by atoms with van der Waals surface area (Å²) >= 11 is 9.60. The van der Waals surface area contributed by atoms with Gasteiger partial charge in [-0.1, -0.05) is 51.8 Å². The van der Waals surface area contributed by atoms with Gasteiger partial charge in [0.1, 0.15) is 5.75 Å². The molecule has 0 bridgehead atoms. The van der Waals surface area contributed by atoms with Crippen LogP contribution in [0.2, 0.25) is 5.02 Å². The largest absolute Gasteiger partial charge is 0.495 e. The maximum atomic E-state index is 12.6. The number of anilines is 1. The Kier molecular flexibility index (Phi) is 4.55. The molecule has 0 aliphatic rings. The van der Waals surface area contributed by atoms with Crippen LogP contribution in [0, 0.1) is 0 Å². The second kappa shape index (κ2) is 6.60. The standard InChI is InChI=1S/C18H13BrClNO2/c1-23-17-9-8-11(10-16(17)20)21-18(22)14-6-2-5-13-12(14)4-3-7-15(13)19/h2-10H,1H3,(H,21,22). The molecule has 0 heterocycles. The Bertz CT molecular complexity index is 895. The minimum absolute atomic E-state index is 0.185.